The highest BCUT2D eigenvalue weighted by atomic mass is 32.2. The number of fused-ring (bicyclic) bond motifs is 1. The zero-order valence-electron chi connectivity index (χ0n) is 16.4. The highest BCUT2D eigenvalue weighted by Crippen LogP contribution is 2.39. The van der Waals surface area contributed by atoms with Gasteiger partial charge in [-0.15, -0.1) is 0 Å². The standard InChI is InChI=1S/C20H24FN3O3S/c1-20(2,3)15-7-5-14(6-8-15)19(25)22-11-12-24-18-13-16(21)9-10-17(18)23(4)28(24,26)27/h5-10,13H,11-12H2,1-4H3,(H,22,25). The molecule has 28 heavy (non-hydrogen) atoms. The maximum Gasteiger partial charge on any atom is 0.326 e. The third-order valence-electron chi connectivity index (χ3n) is 4.78. The summed E-state index contributed by atoms with van der Waals surface area (Å²) in [5, 5.41) is 2.72. The molecule has 0 fully saturated rings. The van der Waals surface area contributed by atoms with Crippen molar-refractivity contribution in [2.45, 2.75) is 26.2 Å². The summed E-state index contributed by atoms with van der Waals surface area (Å²) < 4.78 is 40.9. The molecule has 0 saturated heterocycles. The minimum Gasteiger partial charge on any atom is -0.350 e. The highest BCUT2D eigenvalue weighted by Gasteiger charge is 2.37. The Labute approximate surface area is 165 Å². The summed E-state index contributed by atoms with van der Waals surface area (Å²) in [6.45, 7) is 6.39. The van der Waals surface area contributed by atoms with Gasteiger partial charge in [-0.3, -0.25) is 9.10 Å². The molecule has 0 atom stereocenters. The second-order valence-corrected chi connectivity index (χ2v) is 9.65. The number of benzene rings is 2. The predicted molar refractivity (Wildman–Crippen MR) is 109 cm³/mol. The summed E-state index contributed by atoms with van der Waals surface area (Å²) in [6.07, 6.45) is 0. The molecule has 1 amide bonds. The number of amides is 1. The lowest BCUT2D eigenvalue weighted by Crippen LogP contribution is -2.40. The maximum atomic E-state index is 13.6. The summed E-state index contributed by atoms with van der Waals surface area (Å²) in [5.74, 6) is -0.804. The van der Waals surface area contributed by atoms with Crippen molar-refractivity contribution in [3.05, 3.63) is 59.4 Å². The molecular weight excluding hydrogens is 381 g/mol. The molecule has 0 bridgehead atoms. The number of carbonyl (C=O) groups excluding carboxylic acids is 1. The van der Waals surface area contributed by atoms with E-state index in [-0.39, 0.29) is 30.1 Å². The second kappa shape index (κ2) is 7.09. The molecule has 3 rings (SSSR count). The average molecular weight is 405 g/mol. The summed E-state index contributed by atoms with van der Waals surface area (Å²) in [4.78, 5) is 12.4. The Bertz CT molecular complexity index is 998. The first kappa shape index (κ1) is 20.1. The van der Waals surface area contributed by atoms with Gasteiger partial charge in [0.25, 0.3) is 5.91 Å². The number of nitrogens with zero attached hydrogens (tertiary/aromatic N) is 2. The number of hydrogen-bond donors (Lipinski definition) is 1. The van der Waals surface area contributed by atoms with Crippen LogP contribution in [0.2, 0.25) is 0 Å². The lowest BCUT2D eigenvalue weighted by molar-refractivity contribution is 0.0955. The fraction of sp³-hybridized carbons (Fsp3) is 0.350. The van der Waals surface area contributed by atoms with Gasteiger partial charge >= 0.3 is 10.2 Å². The van der Waals surface area contributed by atoms with Gasteiger partial charge in [-0.2, -0.15) is 8.42 Å². The van der Waals surface area contributed by atoms with Crippen LogP contribution in [0.15, 0.2) is 42.5 Å². The quantitative estimate of drug-likeness (QED) is 0.850. The Hall–Kier alpha value is -2.61. The van der Waals surface area contributed by atoms with Crippen LogP contribution >= 0.6 is 0 Å². The molecule has 0 radical (unpaired) electrons. The maximum absolute atomic E-state index is 13.6. The number of anilines is 2. The molecule has 6 nitrogen and oxygen atoms in total. The van der Waals surface area contributed by atoms with Crippen LogP contribution < -0.4 is 13.9 Å². The zero-order valence-corrected chi connectivity index (χ0v) is 17.2. The molecule has 0 aliphatic carbocycles. The molecule has 2 aromatic carbocycles. The smallest absolute Gasteiger partial charge is 0.326 e. The lowest BCUT2D eigenvalue weighted by Gasteiger charge is -2.20. The van der Waals surface area contributed by atoms with Crippen molar-refractivity contribution in [3.63, 3.8) is 0 Å². The van der Waals surface area contributed by atoms with Gasteiger partial charge < -0.3 is 5.32 Å². The Morgan fingerprint density at radius 1 is 1.07 bits per heavy atom. The molecule has 150 valence electrons. The number of nitrogens with one attached hydrogen (secondary N) is 1. The number of hydrogen-bond acceptors (Lipinski definition) is 3. The lowest BCUT2D eigenvalue weighted by atomic mass is 9.87. The van der Waals surface area contributed by atoms with Crippen LogP contribution in [0.3, 0.4) is 0 Å². The predicted octanol–water partition coefficient (Wildman–Crippen LogP) is 3.05. The molecule has 1 heterocycles. The Balaban J connectivity index is 1.68. The fourth-order valence-electron chi connectivity index (χ4n) is 3.09. The topological polar surface area (TPSA) is 69.7 Å². The van der Waals surface area contributed by atoms with Gasteiger partial charge in [0.15, 0.2) is 0 Å². The molecular formula is C20H24FN3O3S. The SMILES string of the molecule is CN1c2ccc(F)cc2N(CCNC(=O)c2ccc(C(C)(C)C)cc2)S1(=O)=O. The normalized spacial score (nSPS) is 15.5. The van der Waals surface area contributed by atoms with E-state index in [1.54, 1.807) is 12.1 Å². The van der Waals surface area contributed by atoms with Crippen LogP contribution in [0.5, 0.6) is 0 Å². The fourth-order valence-corrected chi connectivity index (χ4v) is 4.50. The number of carbonyl (C=O) groups is 1. The minimum absolute atomic E-state index is 0.00614. The zero-order chi connectivity index (χ0) is 20.7. The second-order valence-electron chi connectivity index (χ2n) is 7.76. The highest BCUT2D eigenvalue weighted by molar-refractivity contribution is 7.94. The molecule has 0 spiro atoms. The first-order valence-electron chi connectivity index (χ1n) is 8.97. The van der Waals surface area contributed by atoms with Gasteiger partial charge in [0, 0.05) is 25.2 Å². The average Bonchev–Trinajstić information content (AvgIpc) is 2.81. The summed E-state index contributed by atoms with van der Waals surface area (Å²) >= 11 is 0. The van der Waals surface area contributed by atoms with Crippen LogP contribution in [0.4, 0.5) is 15.8 Å². The van der Waals surface area contributed by atoms with Crippen molar-refractivity contribution in [1.29, 1.82) is 0 Å². The summed E-state index contributed by atoms with van der Waals surface area (Å²) in [6, 6.07) is 11.2. The van der Waals surface area contributed by atoms with E-state index >= 15 is 0 Å². The minimum atomic E-state index is -3.78. The van der Waals surface area contributed by atoms with E-state index in [4.69, 9.17) is 0 Å². The molecule has 1 aliphatic rings. The van der Waals surface area contributed by atoms with Crippen LogP contribution in [0.25, 0.3) is 0 Å². The van der Waals surface area contributed by atoms with Gasteiger partial charge in [-0.1, -0.05) is 32.9 Å². The van der Waals surface area contributed by atoms with E-state index in [0.29, 0.717) is 11.3 Å². The third-order valence-corrected chi connectivity index (χ3v) is 6.61. The molecule has 2 aromatic rings. The molecule has 0 aromatic heterocycles. The van der Waals surface area contributed by atoms with Crippen LogP contribution in [0.1, 0.15) is 36.7 Å². The van der Waals surface area contributed by atoms with E-state index in [1.165, 1.54) is 25.2 Å². The third kappa shape index (κ3) is 3.69. The molecule has 0 unspecified atom stereocenters. The van der Waals surface area contributed by atoms with Crippen molar-refractivity contribution >= 4 is 27.5 Å². The first-order valence-corrected chi connectivity index (χ1v) is 10.4. The van der Waals surface area contributed by atoms with E-state index in [1.807, 2.05) is 12.1 Å². The summed E-state index contributed by atoms with van der Waals surface area (Å²) in [7, 11) is -2.36. The van der Waals surface area contributed by atoms with Gasteiger partial charge in [0.1, 0.15) is 5.82 Å². The van der Waals surface area contributed by atoms with Gasteiger partial charge in [-0.05, 0) is 35.2 Å². The Morgan fingerprint density at radius 3 is 2.32 bits per heavy atom. The number of rotatable bonds is 4. The van der Waals surface area contributed by atoms with E-state index in [2.05, 4.69) is 26.1 Å². The van der Waals surface area contributed by atoms with E-state index < -0.39 is 16.0 Å². The Morgan fingerprint density at radius 2 is 1.71 bits per heavy atom. The first-order chi connectivity index (χ1) is 13.0. The van der Waals surface area contributed by atoms with Crippen molar-refractivity contribution in [3.8, 4) is 0 Å². The molecule has 1 N–H and O–H groups in total. The van der Waals surface area contributed by atoms with Crippen molar-refractivity contribution < 1.29 is 17.6 Å². The van der Waals surface area contributed by atoms with Crippen LogP contribution in [-0.2, 0) is 15.6 Å². The number of halogens is 1. The monoisotopic (exact) mass is 405 g/mol. The van der Waals surface area contributed by atoms with Gasteiger partial charge in [0.2, 0.25) is 0 Å². The van der Waals surface area contributed by atoms with E-state index in [0.717, 1.165) is 14.2 Å². The van der Waals surface area contributed by atoms with Crippen molar-refractivity contribution in [1.82, 2.24) is 5.32 Å². The largest absolute Gasteiger partial charge is 0.350 e. The molecule has 1 aliphatic heterocycles. The van der Waals surface area contributed by atoms with Crippen LogP contribution in [-0.4, -0.2) is 34.5 Å². The Kier molecular flexibility index (Phi) is 5.10. The van der Waals surface area contributed by atoms with Crippen LogP contribution in [0, 0.1) is 5.82 Å². The molecule has 0 saturated carbocycles. The van der Waals surface area contributed by atoms with Gasteiger partial charge in [-0.25, -0.2) is 8.70 Å². The van der Waals surface area contributed by atoms with Crippen molar-refractivity contribution in [2.75, 3.05) is 28.7 Å². The van der Waals surface area contributed by atoms with E-state index in [9.17, 15) is 17.6 Å². The summed E-state index contributed by atoms with van der Waals surface area (Å²) in [5.41, 5.74) is 2.29. The van der Waals surface area contributed by atoms with Gasteiger partial charge in [0.05, 0.1) is 17.9 Å². The van der Waals surface area contributed by atoms with Crippen molar-refractivity contribution in [2.24, 2.45) is 0 Å². The molecule has 8 heteroatoms.